The molecular weight excluding hydrogens is 232 g/mol. The Morgan fingerprint density at radius 1 is 1.35 bits per heavy atom. The van der Waals surface area contributed by atoms with Gasteiger partial charge in [-0.1, -0.05) is 12.1 Å². The minimum Gasteiger partial charge on any atom is -0.493 e. The van der Waals surface area contributed by atoms with Gasteiger partial charge >= 0.3 is 6.98 Å². The highest BCUT2D eigenvalue weighted by Crippen LogP contribution is 2.17. The zero-order chi connectivity index (χ0) is 12.3. The first kappa shape index (κ1) is 12.3. The Bertz CT molecular complexity index is 375. The summed E-state index contributed by atoms with van der Waals surface area (Å²) in [5.41, 5.74) is -0.620. The molecule has 0 N–H and O–H groups in total. The monoisotopic (exact) mass is 245 g/mol. The molecule has 17 heavy (non-hydrogen) atoms. The van der Waals surface area contributed by atoms with E-state index >= 15 is 0 Å². The minimum absolute atomic E-state index is 0.272. The van der Waals surface area contributed by atoms with Gasteiger partial charge in [0.25, 0.3) is 0 Å². The molecule has 1 saturated heterocycles. The fraction of sp³-hybridized carbons (Fsp3) is 0.455. The maximum absolute atomic E-state index is 12.5. The highest BCUT2D eigenvalue weighted by molar-refractivity contribution is 6.73. The van der Waals surface area contributed by atoms with E-state index < -0.39 is 12.4 Å². The van der Waals surface area contributed by atoms with Gasteiger partial charge in [-0.3, -0.25) is 0 Å². The SMILES string of the molecule is F[B-](F)(F)c1cccc(OCC2CCOC2)c1. The van der Waals surface area contributed by atoms with Gasteiger partial charge in [-0.2, -0.15) is 0 Å². The average Bonchev–Trinajstić information content (AvgIpc) is 2.78. The van der Waals surface area contributed by atoms with E-state index in [-0.39, 0.29) is 11.7 Å². The van der Waals surface area contributed by atoms with Crippen molar-refractivity contribution in [3.63, 3.8) is 0 Å². The Morgan fingerprint density at radius 3 is 2.82 bits per heavy atom. The Labute approximate surface area is 97.8 Å². The lowest BCUT2D eigenvalue weighted by Gasteiger charge is -2.16. The van der Waals surface area contributed by atoms with Crippen molar-refractivity contribution >= 4 is 12.4 Å². The fourth-order valence-electron chi connectivity index (χ4n) is 1.74. The van der Waals surface area contributed by atoms with Crippen LogP contribution >= 0.6 is 0 Å². The summed E-state index contributed by atoms with van der Waals surface area (Å²) in [7, 11) is 0. The molecule has 0 saturated carbocycles. The first-order valence-corrected chi connectivity index (χ1v) is 5.56. The molecule has 1 fully saturated rings. The highest BCUT2D eigenvalue weighted by atomic mass is 19.4. The smallest absolute Gasteiger partial charge is 0.493 e. The molecule has 2 nitrogen and oxygen atoms in total. The number of halogens is 3. The quantitative estimate of drug-likeness (QED) is 0.756. The van der Waals surface area contributed by atoms with E-state index in [0.717, 1.165) is 18.6 Å². The summed E-state index contributed by atoms with van der Waals surface area (Å²) >= 11 is 0. The molecule has 2 rings (SSSR count). The third-order valence-electron chi connectivity index (χ3n) is 2.75. The van der Waals surface area contributed by atoms with Crippen LogP contribution < -0.4 is 10.2 Å². The van der Waals surface area contributed by atoms with Crippen molar-refractivity contribution in [2.24, 2.45) is 5.92 Å². The van der Waals surface area contributed by atoms with Crippen LogP contribution in [0.3, 0.4) is 0 Å². The van der Waals surface area contributed by atoms with Gasteiger partial charge in [-0.05, 0) is 18.6 Å². The van der Waals surface area contributed by atoms with Crippen LogP contribution in [0, 0.1) is 5.92 Å². The molecule has 0 radical (unpaired) electrons. The average molecular weight is 245 g/mol. The maximum Gasteiger partial charge on any atom is 0.509 e. The number of hydrogen-bond acceptors (Lipinski definition) is 2. The van der Waals surface area contributed by atoms with E-state index in [2.05, 4.69) is 0 Å². The van der Waals surface area contributed by atoms with Gasteiger partial charge in [-0.15, -0.1) is 5.46 Å². The molecule has 1 unspecified atom stereocenters. The van der Waals surface area contributed by atoms with E-state index in [1.807, 2.05) is 0 Å². The molecule has 1 aromatic carbocycles. The molecule has 1 aliphatic rings. The minimum atomic E-state index is -4.96. The van der Waals surface area contributed by atoms with Gasteiger partial charge in [0.1, 0.15) is 5.75 Å². The molecule has 1 atom stereocenters. The van der Waals surface area contributed by atoms with Crippen LogP contribution in [0.2, 0.25) is 0 Å². The Morgan fingerprint density at radius 2 is 2.18 bits per heavy atom. The van der Waals surface area contributed by atoms with Crippen LogP contribution in [0.25, 0.3) is 0 Å². The third-order valence-corrected chi connectivity index (χ3v) is 2.75. The van der Waals surface area contributed by atoms with Crippen molar-refractivity contribution in [1.82, 2.24) is 0 Å². The predicted molar refractivity (Wildman–Crippen MR) is 59.6 cm³/mol. The topological polar surface area (TPSA) is 18.5 Å². The Balaban J connectivity index is 1.96. The lowest BCUT2D eigenvalue weighted by Crippen LogP contribution is -2.33. The molecule has 1 aliphatic heterocycles. The number of ether oxygens (including phenoxy) is 2. The summed E-state index contributed by atoms with van der Waals surface area (Å²) in [6, 6.07) is 5.02. The molecule has 6 heteroatoms. The van der Waals surface area contributed by atoms with Gasteiger partial charge in [0, 0.05) is 12.5 Å². The summed E-state index contributed by atoms with van der Waals surface area (Å²) in [5.74, 6) is 0.559. The van der Waals surface area contributed by atoms with E-state index in [1.165, 1.54) is 6.07 Å². The van der Waals surface area contributed by atoms with Gasteiger partial charge in [0.2, 0.25) is 0 Å². The number of benzene rings is 1. The zero-order valence-electron chi connectivity index (χ0n) is 9.24. The van der Waals surface area contributed by atoms with E-state index in [0.29, 0.717) is 19.8 Å². The van der Waals surface area contributed by atoms with Crippen molar-refractivity contribution in [2.75, 3.05) is 19.8 Å². The van der Waals surface area contributed by atoms with Gasteiger partial charge in [0.05, 0.1) is 13.2 Å². The summed E-state index contributed by atoms with van der Waals surface area (Å²) in [5, 5.41) is 0. The summed E-state index contributed by atoms with van der Waals surface area (Å²) < 4.78 is 48.0. The molecule has 0 aliphatic carbocycles. The first-order valence-electron chi connectivity index (χ1n) is 5.56. The van der Waals surface area contributed by atoms with Crippen LogP contribution in [-0.2, 0) is 4.74 Å². The second-order valence-corrected chi connectivity index (χ2v) is 4.19. The van der Waals surface area contributed by atoms with Gasteiger partial charge < -0.3 is 22.4 Å². The van der Waals surface area contributed by atoms with E-state index in [4.69, 9.17) is 9.47 Å². The molecule has 0 aromatic heterocycles. The fourth-order valence-corrected chi connectivity index (χ4v) is 1.74. The van der Waals surface area contributed by atoms with Crippen molar-refractivity contribution in [3.8, 4) is 5.75 Å². The van der Waals surface area contributed by atoms with Crippen LogP contribution in [0.15, 0.2) is 24.3 Å². The summed E-state index contributed by atoms with van der Waals surface area (Å²) in [6.45, 7) is -3.21. The van der Waals surface area contributed by atoms with Gasteiger partial charge in [0.15, 0.2) is 0 Å². The molecule has 0 amide bonds. The van der Waals surface area contributed by atoms with Crippen LogP contribution in [0.1, 0.15) is 6.42 Å². The Hall–Kier alpha value is -1.17. The molecule has 1 heterocycles. The second-order valence-electron chi connectivity index (χ2n) is 4.19. The largest absolute Gasteiger partial charge is 0.509 e. The van der Waals surface area contributed by atoms with Crippen LogP contribution in [0.5, 0.6) is 5.75 Å². The standard InChI is InChI=1S/C11H13BF3O2/c13-12(14,15)10-2-1-3-11(6-10)17-8-9-4-5-16-7-9/h1-3,6,9H,4-5,7-8H2/q-1. The first-order chi connectivity index (χ1) is 8.05. The van der Waals surface area contributed by atoms with Crippen molar-refractivity contribution in [3.05, 3.63) is 24.3 Å². The zero-order valence-corrected chi connectivity index (χ0v) is 9.24. The number of hydrogen-bond donors (Lipinski definition) is 0. The molecule has 1 aromatic rings. The Kier molecular flexibility index (Phi) is 3.62. The summed E-state index contributed by atoms with van der Waals surface area (Å²) in [4.78, 5) is 0. The molecule has 0 bridgehead atoms. The van der Waals surface area contributed by atoms with Crippen molar-refractivity contribution in [1.29, 1.82) is 0 Å². The van der Waals surface area contributed by atoms with E-state index in [1.54, 1.807) is 6.07 Å². The number of rotatable bonds is 4. The van der Waals surface area contributed by atoms with E-state index in [9.17, 15) is 12.9 Å². The van der Waals surface area contributed by atoms with Crippen molar-refractivity contribution in [2.45, 2.75) is 6.42 Å². The highest BCUT2D eigenvalue weighted by Gasteiger charge is 2.25. The van der Waals surface area contributed by atoms with Crippen molar-refractivity contribution < 1.29 is 22.4 Å². The third kappa shape index (κ3) is 3.39. The normalized spacial score (nSPS) is 20.5. The second kappa shape index (κ2) is 5.00. The molecule has 94 valence electrons. The van der Waals surface area contributed by atoms with Gasteiger partial charge in [-0.25, -0.2) is 0 Å². The lowest BCUT2D eigenvalue weighted by atomic mass is 9.80. The van der Waals surface area contributed by atoms with Crippen LogP contribution in [-0.4, -0.2) is 26.8 Å². The maximum atomic E-state index is 12.5. The predicted octanol–water partition coefficient (Wildman–Crippen LogP) is 2.16. The lowest BCUT2D eigenvalue weighted by molar-refractivity contribution is 0.167. The summed E-state index contributed by atoms with van der Waals surface area (Å²) in [6.07, 6.45) is 0.906. The molecule has 0 spiro atoms. The molecular formula is C11H13BF3O2-. The van der Waals surface area contributed by atoms with Crippen LogP contribution in [0.4, 0.5) is 12.9 Å².